The van der Waals surface area contributed by atoms with Crippen LogP contribution in [0.2, 0.25) is 0 Å². The predicted octanol–water partition coefficient (Wildman–Crippen LogP) is 0.449. The van der Waals surface area contributed by atoms with Crippen molar-refractivity contribution in [2.75, 3.05) is 0 Å². The largest absolute Gasteiger partial charge is 0.393 e. The van der Waals surface area contributed by atoms with Crippen LogP contribution in [0.5, 0.6) is 0 Å². The van der Waals surface area contributed by atoms with E-state index in [0.717, 1.165) is 0 Å². The van der Waals surface area contributed by atoms with Crippen molar-refractivity contribution in [3.05, 3.63) is 0 Å². The van der Waals surface area contributed by atoms with Gasteiger partial charge in [0.25, 0.3) is 0 Å². The lowest BCUT2D eigenvalue weighted by Crippen LogP contribution is -2.30. The highest BCUT2D eigenvalue weighted by Crippen LogP contribution is 2.03. The Morgan fingerprint density at radius 1 is 1.42 bits per heavy atom. The maximum atomic E-state index is 10.8. The molecule has 2 N–H and O–H groups in total. The van der Waals surface area contributed by atoms with E-state index in [2.05, 4.69) is 4.74 Å². The van der Waals surface area contributed by atoms with E-state index in [1.807, 2.05) is 13.8 Å². The van der Waals surface area contributed by atoms with Gasteiger partial charge in [0.1, 0.15) is 0 Å². The molecule has 0 bridgehead atoms. The summed E-state index contributed by atoms with van der Waals surface area (Å²) in [5, 5.41) is 0. The van der Waals surface area contributed by atoms with Gasteiger partial charge in [0.2, 0.25) is 0 Å². The smallest absolute Gasteiger partial charge is 0.315 e. The van der Waals surface area contributed by atoms with Crippen LogP contribution in [0.3, 0.4) is 0 Å². The molecule has 0 fully saturated rings. The van der Waals surface area contributed by atoms with Crippen molar-refractivity contribution in [2.45, 2.75) is 33.2 Å². The van der Waals surface area contributed by atoms with Crippen molar-refractivity contribution in [3.8, 4) is 0 Å². The third kappa shape index (κ3) is 4.85. The average Bonchev–Trinajstić information content (AvgIpc) is 1.84. The maximum Gasteiger partial charge on any atom is 0.315 e. The van der Waals surface area contributed by atoms with E-state index in [-0.39, 0.29) is 18.4 Å². The van der Waals surface area contributed by atoms with Crippen LogP contribution in [-0.4, -0.2) is 18.0 Å². The summed E-state index contributed by atoms with van der Waals surface area (Å²) in [5.41, 5.74) is 5.58. The molecule has 1 unspecified atom stereocenters. The van der Waals surface area contributed by atoms with Crippen LogP contribution >= 0.6 is 0 Å². The summed E-state index contributed by atoms with van der Waals surface area (Å²) in [6.45, 7) is 5.01. The Balaban J connectivity index is 3.77. The van der Waals surface area contributed by atoms with E-state index < -0.39 is 11.9 Å². The number of nitrogens with two attached hydrogens (primary N) is 1. The Hall–Kier alpha value is -0.900. The summed E-state index contributed by atoms with van der Waals surface area (Å²) in [5.74, 6) is -0.927. The molecule has 0 aromatic rings. The fourth-order valence-corrected chi connectivity index (χ4v) is 0.630. The molecule has 0 aliphatic heterocycles. The van der Waals surface area contributed by atoms with Crippen LogP contribution < -0.4 is 5.73 Å². The van der Waals surface area contributed by atoms with Crippen molar-refractivity contribution >= 4 is 11.9 Å². The highest BCUT2D eigenvalue weighted by atomic mass is 16.6. The molecular weight excluding hydrogens is 158 g/mol. The average molecular weight is 173 g/mol. The Morgan fingerprint density at radius 3 is 2.25 bits per heavy atom. The zero-order valence-corrected chi connectivity index (χ0v) is 7.66. The highest BCUT2D eigenvalue weighted by Gasteiger charge is 2.14. The number of rotatable bonds is 3. The molecule has 4 heteroatoms. The van der Waals surface area contributed by atoms with Gasteiger partial charge in [-0.1, -0.05) is 13.8 Å². The van der Waals surface area contributed by atoms with Gasteiger partial charge < -0.3 is 10.5 Å². The number of hydrogen-bond donors (Lipinski definition) is 1. The van der Waals surface area contributed by atoms with Gasteiger partial charge in [0, 0.05) is 13.0 Å². The Kier molecular flexibility index (Phi) is 4.51. The fraction of sp³-hybridized carbons (Fsp3) is 0.750. The Bertz CT molecular complexity index is 177. The number of carbonyl (C=O) groups is 2. The minimum absolute atomic E-state index is 0.0945. The van der Waals surface area contributed by atoms with E-state index in [0.29, 0.717) is 0 Å². The van der Waals surface area contributed by atoms with E-state index in [4.69, 9.17) is 5.73 Å². The van der Waals surface area contributed by atoms with Crippen LogP contribution in [-0.2, 0) is 14.3 Å². The van der Waals surface area contributed by atoms with Gasteiger partial charge in [-0.2, -0.15) is 0 Å². The molecule has 0 rings (SSSR count). The molecule has 0 aromatic carbocycles. The zero-order valence-electron chi connectivity index (χ0n) is 7.66. The summed E-state index contributed by atoms with van der Waals surface area (Å²) < 4.78 is 4.31. The molecule has 0 radical (unpaired) electrons. The molecule has 0 aliphatic rings. The van der Waals surface area contributed by atoms with E-state index in [1.54, 1.807) is 0 Å². The molecule has 0 saturated carbocycles. The highest BCUT2D eigenvalue weighted by molar-refractivity contribution is 5.84. The maximum absolute atomic E-state index is 10.8. The molecule has 0 spiro atoms. The van der Waals surface area contributed by atoms with Gasteiger partial charge in [0.05, 0.1) is 6.42 Å². The van der Waals surface area contributed by atoms with Crippen LogP contribution in [0.25, 0.3) is 0 Å². The second-order valence-corrected chi connectivity index (χ2v) is 3.08. The van der Waals surface area contributed by atoms with Gasteiger partial charge in [-0.05, 0) is 5.92 Å². The molecule has 4 nitrogen and oxygen atoms in total. The first-order chi connectivity index (χ1) is 5.43. The van der Waals surface area contributed by atoms with Gasteiger partial charge in [-0.25, -0.2) is 0 Å². The van der Waals surface area contributed by atoms with Crippen LogP contribution in [0.1, 0.15) is 27.2 Å². The molecule has 0 heterocycles. The molecule has 12 heavy (non-hydrogen) atoms. The number of hydrogen-bond acceptors (Lipinski definition) is 4. The van der Waals surface area contributed by atoms with E-state index in [9.17, 15) is 9.59 Å². The quantitative estimate of drug-likeness (QED) is 0.497. The molecular formula is C8H15NO3. The minimum Gasteiger partial charge on any atom is -0.393 e. The molecule has 1 atom stereocenters. The van der Waals surface area contributed by atoms with Gasteiger partial charge in [-0.15, -0.1) is 0 Å². The monoisotopic (exact) mass is 173 g/mol. The summed E-state index contributed by atoms with van der Waals surface area (Å²) >= 11 is 0. The first-order valence-electron chi connectivity index (χ1n) is 3.90. The SMILES string of the molecule is CC(=O)OC(=O)CC(N)C(C)C. The van der Waals surface area contributed by atoms with E-state index >= 15 is 0 Å². The Morgan fingerprint density at radius 2 is 1.92 bits per heavy atom. The molecule has 0 aromatic heterocycles. The molecule has 70 valence electrons. The third-order valence-corrected chi connectivity index (χ3v) is 1.52. The van der Waals surface area contributed by atoms with Crippen molar-refractivity contribution in [1.82, 2.24) is 0 Å². The predicted molar refractivity (Wildman–Crippen MR) is 44.2 cm³/mol. The lowest BCUT2D eigenvalue weighted by molar-refractivity contribution is -0.158. The standard InChI is InChI=1S/C8H15NO3/c1-5(2)7(9)4-8(11)12-6(3)10/h5,7H,4,9H2,1-3H3. The van der Waals surface area contributed by atoms with Crippen molar-refractivity contribution in [3.63, 3.8) is 0 Å². The first kappa shape index (κ1) is 11.1. The zero-order chi connectivity index (χ0) is 9.72. The number of carbonyl (C=O) groups excluding carboxylic acids is 2. The first-order valence-corrected chi connectivity index (χ1v) is 3.90. The lowest BCUT2D eigenvalue weighted by Gasteiger charge is -2.13. The third-order valence-electron chi connectivity index (χ3n) is 1.52. The van der Waals surface area contributed by atoms with Crippen molar-refractivity contribution in [1.29, 1.82) is 0 Å². The summed E-state index contributed by atoms with van der Waals surface area (Å²) in [7, 11) is 0. The second kappa shape index (κ2) is 4.87. The van der Waals surface area contributed by atoms with Gasteiger partial charge in [-0.3, -0.25) is 9.59 Å². The fourth-order valence-electron chi connectivity index (χ4n) is 0.630. The normalized spacial score (nSPS) is 12.8. The molecule has 0 amide bonds. The summed E-state index contributed by atoms with van der Waals surface area (Å²) in [6, 6.07) is -0.239. The van der Waals surface area contributed by atoms with Crippen molar-refractivity contribution in [2.24, 2.45) is 11.7 Å². The van der Waals surface area contributed by atoms with Gasteiger partial charge >= 0.3 is 11.9 Å². The van der Waals surface area contributed by atoms with Crippen LogP contribution in [0, 0.1) is 5.92 Å². The van der Waals surface area contributed by atoms with Crippen LogP contribution in [0.15, 0.2) is 0 Å². The van der Waals surface area contributed by atoms with Crippen LogP contribution in [0.4, 0.5) is 0 Å². The Labute approximate surface area is 72.1 Å². The van der Waals surface area contributed by atoms with Gasteiger partial charge in [0.15, 0.2) is 0 Å². The lowest BCUT2D eigenvalue weighted by atomic mass is 10.0. The summed E-state index contributed by atoms with van der Waals surface area (Å²) in [6.07, 6.45) is 0.0945. The van der Waals surface area contributed by atoms with E-state index in [1.165, 1.54) is 6.92 Å². The second-order valence-electron chi connectivity index (χ2n) is 3.08. The summed E-state index contributed by atoms with van der Waals surface area (Å²) in [4.78, 5) is 21.2. The number of ether oxygens (including phenoxy) is 1. The minimum atomic E-state index is -0.587. The topological polar surface area (TPSA) is 69.4 Å². The number of esters is 2. The molecule has 0 saturated heterocycles. The molecule has 0 aliphatic carbocycles. The van der Waals surface area contributed by atoms with Crippen molar-refractivity contribution < 1.29 is 14.3 Å².